The summed E-state index contributed by atoms with van der Waals surface area (Å²) >= 11 is 0. The van der Waals surface area contributed by atoms with Crippen molar-refractivity contribution in [1.29, 1.82) is 0 Å². The van der Waals surface area contributed by atoms with Gasteiger partial charge in [-0.1, -0.05) is 18.6 Å². The van der Waals surface area contributed by atoms with E-state index in [9.17, 15) is 9.59 Å². The second-order valence-corrected chi connectivity index (χ2v) is 6.89. The minimum Gasteiger partial charge on any atom is -0.479 e. The monoisotopic (exact) mass is 377 g/mol. The highest BCUT2D eigenvalue weighted by molar-refractivity contribution is 5.76. The molecule has 2 atom stereocenters. The predicted molar refractivity (Wildman–Crippen MR) is 103 cm³/mol. The van der Waals surface area contributed by atoms with Crippen LogP contribution in [0.1, 0.15) is 38.2 Å². The van der Waals surface area contributed by atoms with Gasteiger partial charge in [0.15, 0.2) is 6.10 Å². The van der Waals surface area contributed by atoms with Crippen LogP contribution in [-0.2, 0) is 20.9 Å². The number of amides is 1. The van der Waals surface area contributed by atoms with Crippen molar-refractivity contribution in [3.63, 3.8) is 0 Å². The molecular formula is C20H31N3O4. The van der Waals surface area contributed by atoms with Crippen molar-refractivity contribution in [3.8, 4) is 5.75 Å². The van der Waals surface area contributed by atoms with Gasteiger partial charge in [0.25, 0.3) is 0 Å². The lowest BCUT2D eigenvalue weighted by atomic mass is 10.0. The number of ether oxygens (including phenoxy) is 2. The Labute approximate surface area is 161 Å². The third-order valence-electron chi connectivity index (χ3n) is 4.81. The number of methoxy groups -OCH3 is 1. The van der Waals surface area contributed by atoms with Gasteiger partial charge < -0.3 is 20.5 Å². The lowest BCUT2D eigenvalue weighted by molar-refractivity contribution is -0.147. The molecule has 1 aromatic carbocycles. The molecule has 3 N–H and O–H groups in total. The normalized spacial score (nSPS) is 18.6. The molecule has 0 aliphatic carbocycles. The summed E-state index contributed by atoms with van der Waals surface area (Å²) in [5.74, 6) is 0.261. The molecule has 7 heteroatoms. The minimum absolute atomic E-state index is 0.0178. The maximum atomic E-state index is 11.7. The summed E-state index contributed by atoms with van der Waals surface area (Å²) in [7, 11) is 1.35. The van der Waals surface area contributed by atoms with Gasteiger partial charge >= 0.3 is 5.97 Å². The van der Waals surface area contributed by atoms with Gasteiger partial charge in [-0.05, 0) is 44.0 Å². The zero-order valence-electron chi connectivity index (χ0n) is 16.3. The number of piperidine rings is 1. The topological polar surface area (TPSA) is 93.9 Å². The molecule has 1 aliphatic rings. The van der Waals surface area contributed by atoms with Crippen LogP contribution in [0, 0.1) is 0 Å². The van der Waals surface area contributed by atoms with Crippen LogP contribution in [0.3, 0.4) is 0 Å². The van der Waals surface area contributed by atoms with Crippen molar-refractivity contribution in [2.45, 2.75) is 51.3 Å². The van der Waals surface area contributed by atoms with E-state index in [1.165, 1.54) is 25.5 Å². The Morgan fingerprint density at radius 1 is 1.30 bits per heavy atom. The number of rotatable bonds is 9. The number of hydrogen-bond donors (Lipinski definition) is 2. The fourth-order valence-electron chi connectivity index (χ4n) is 3.28. The van der Waals surface area contributed by atoms with Crippen molar-refractivity contribution in [2.24, 2.45) is 5.73 Å². The maximum Gasteiger partial charge on any atom is 0.346 e. The van der Waals surface area contributed by atoms with Crippen LogP contribution in [0.2, 0.25) is 0 Å². The standard InChI is InChI=1S/C20H31N3O4/c1-15(20(25)26-2)27-18-8-6-16(7-9-18)14-23-12-4-3-5-17(23)13-22-19(24)10-11-21/h6-9,15,17H,3-5,10-14,21H2,1-2H3,(H,22,24). The largest absolute Gasteiger partial charge is 0.479 e. The fourth-order valence-corrected chi connectivity index (χ4v) is 3.28. The van der Waals surface area contributed by atoms with Gasteiger partial charge in [0.05, 0.1) is 7.11 Å². The second kappa shape index (κ2) is 10.9. The molecule has 1 fully saturated rings. The van der Waals surface area contributed by atoms with E-state index in [0.717, 1.165) is 19.5 Å². The molecule has 0 bridgehead atoms. The smallest absolute Gasteiger partial charge is 0.346 e. The number of carbonyl (C=O) groups is 2. The highest BCUT2D eigenvalue weighted by atomic mass is 16.6. The number of nitrogens with one attached hydrogen (secondary N) is 1. The molecule has 1 saturated heterocycles. The first-order chi connectivity index (χ1) is 13.0. The first-order valence-electron chi connectivity index (χ1n) is 9.57. The highest BCUT2D eigenvalue weighted by Gasteiger charge is 2.23. The van der Waals surface area contributed by atoms with Crippen LogP contribution in [-0.4, -0.2) is 55.7 Å². The lowest BCUT2D eigenvalue weighted by Crippen LogP contribution is -2.46. The van der Waals surface area contributed by atoms with Crippen LogP contribution < -0.4 is 15.8 Å². The van der Waals surface area contributed by atoms with Crippen molar-refractivity contribution >= 4 is 11.9 Å². The molecule has 0 aromatic heterocycles. The summed E-state index contributed by atoms with van der Waals surface area (Å²) in [5, 5.41) is 2.99. The zero-order valence-corrected chi connectivity index (χ0v) is 16.3. The van der Waals surface area contributed by atoms with Crippen LogP contribution in [0.15, 0.2) is 24.3 Å². The Bertz CT molecular complexity index is 606. The Balaban J connectivity index is 1.89. The number of hydrogen-bond acceptors (Lipinski definition) is 6. The first kappa shape index (κ1) is 21.2. The van der Waals surface area contributed by atoms with Crippen molar-refractivity contribution in [2.75, 3.05) is 26.7 Å². The van der Waals surface area contributed by atoms with E-state index < -0.39 is 12.1 Å². The molecule has 2 rings (SSSR count). The molecule has 0 saturated carbocycles. The van der Waals surface area contributed by atoms with Crippen molar-refractivity contribution in [1.82, 2.24) is 10.2 Å². The summed E-state index contributed by atoms with van der Waals surface area (Å²) in [5.41, 5.74) is 6.60. The molecule has 1 amide bonds. The number of nitrogens with zero attached hydrogens (tertiary/aromatic N) is 1. The van der Waals surface area contributed by atoms with Gasteiger partial charge in [-0.25, -0.2) is 4.79 Å². The minimum atomic E-state index is -0.635. The molecule has 150 valence electrons. The quantitative estimate of drug-likeness (QED) is 0.633. The molecule has 27 heavy (non-hydrogen) atoms. The van der Waals surface area contributed by atoms with E-state index in [2.05, 4.69) is 15.0 Å². The summed E-state index contributed by atoms with van der Waals surface area (Å²) in [6.07, 6.45) is 3.18. The molecule has 7 nitrogen and oxygen atoms in total. The Morgan fingerprint density at radius 3 is 2.70 bits per heavy atom. The molecule has 0 radical (unpaired) electrons. The highest BCUT2D eigenvalue weighted by Crippen LogP contribution is 2.21. The SMILES string of the molecule is COC(=O)C(C)Oc1ccc(CN2CCCCC2CNC(=O)CCN)cc1. The Kier molecular flexibility index (Phi) is 8.54. The number of esters is 1. The van der Waals surface area contributed by atoms with E-state index in [0.29, 0.717) is 31.3 Å². The number of carbonyl (C=O) groups excluding carboxylic acids is 2. The average molecular weight is 377 g/mol. The van der Waals surface area contributed by atoms with E-state index in [-0.39, 0.29) is 5.91 Å². The second-order valence-electron chi connectivity index (χ2n) is 6.89. The maximum absolute atomic E-state index is 11.7. The van der Waals surface area contributed by atoms with E-state index in [1.807, 2.05) is 24.3 Å². The van der Waals surface area contributed by atoms with Crippen LogP contribution in [0.4, 0.5) is 0 Å². The lowest BCUT2D eigenvalue weighted by Gasteiger charge is -2.36. The summed E-state index contributed by atoms with van der Waals surface area (Å²) in [6, 6.07) is 8.11. The fraction of sp³-hybridized carbons (Fsp3) is 0.600. The molecule has 0 spiro atoms. The molecule has 2 unspecified atom stereocenters. The van der Waals surface area contributed by atoms with E-state index in [4.69, 9.17) is 10.5 Å². The van der Waals surface area contributed by atoms with Gasteiger partial charge in [0.2, 0.25) is 5.91 Å². The van der Waals surface area contributed by atoms with Crippen molar-refractivity contribution < 1.29 is 19.1 Å². The molecule has 1 aliphatic heterocycles. The summed E-state index contributed by atoms with van der Waals surface area (Å²) < 4.78 is 10.2. The Morgan fingerprint density at radius 2 is 2.04 bits per heavy atom. The summed E-state index contributed by atoms with van der Waals surface area (Å²) in [4.78, 5) is 25.5. The average Bonchev–Trinajstić information content (AvgIpc) is 2.68. The number of benzene rings is 1. The summed E-state index contributed by atoms with van der Waals surface area (Å²) in [6.45, 7) is 4.55. The van der Waals surface area contributed by atoms with Gasteiger partial charge in [-0.3, -0.25) is 9.69 Å². The van der Waals surface area contributed by atoms with Gasteiger partial charge in [0, 0.05) is 32.1 Å². The van der Waals surface area contributed by atoms with Crippen LogP contribution >= 0.6 is 0 Å². The first-order valence-corrected chi connectivity index (χ1v) is 9.57. The zero-order chi connectivity index (χ0) is 19.6. The number of nitrogens with two attached hydrogens (primary N) is 1. The van der Waals surface area contributed by atoms with E-state index in [1.54, 1.807) is 6.92 Å². The Hall–Kier alpha value is -2.12. The predicted octanol–water partition coefficient (Wildman–Crippen LogP) is 1.45. The van der Waals surface area contributed by atoms with Gasteiger partial charge in [0.1, 0.15) is 5.75 Å². The molecular weight excluding hydrogens is 346 g/mol. The van der Waals surface area contributed by atoms with Gasteiger partial charge in [-0.2, -0.15) is 0 Å². The van der Waals surface area contributed by atoms with Crippen LogP contribution in [0.25, 0.3) is 0 Å². The third-order valence-corrected chi connectivity index (χ3v) is 4.81. The molecule has 1 heterocycles. The molecule has 1 aromatic rings. The number of likely N-dealkylation sites (tertiary alicyclic amines) is 1. The van der Waals surface area contributed by atoms with E-state index >= 15 is 0 Å². The van der Waals surface area contributed by atoms with Gasteiger partial charge in [-0.15, -0.1) is 0 Å². The third kappa shape index (κ3) is 6.84. The van der Waals surface area contributed by atoms with Crippen molar-refractivity contribution in [3.05, 3.63) is 29.8 Å². The van der Waals surface area contributed by atoms with Crippen LogP contribution in [0.5, 0.6) is 5.75 Å².